The lowest BCUT2D eigenvalue weighted by atomic mass is 9.98. The summed E-state index contributed by atoms with van der Waals surface area (Å²) in [6.07, 6.45) is 0.212. The molecule has 4 aromatic rings. The van der Waals surface area contributed by atoms with Crippen molar-refractivity contribution in [2.45, 2.75) is 12.7 Å². The number of nitrogens with zero attached hydrogens (tertiary/aromatic N) is 4. The van der Waals surface area contributed by atoms with Crippen LogP contribution >= 0.6 is 0 Å². The molecular formula is C22H15F3N6. The molecule has 0 aliphatic heterocycles. The Morgan fingerprint density at radius 1 is 0.968 bits per heavy atom. The summed E-state index contributed by atoms with van der Waals surface area (Å²) in [5.74, 6) is 0.406. The third kappa shape index (κ3) is 4.53. The van der Waals surface area contributed by atoms with E-state index in [1.54, 1.807) is 18.5 Å². The number of nitriles is 1. The molecule has 4 rings (SSSR count). The van der Waals surface area contributed by atoms with Crippen LogP contribution in [0.2, 0.25) is 0 Å². The van der Waals surface area contributed by atoms with E-state index in [0.717, 1.165) is 17.3 Å². The molecule has 31 heavy (non-hydrogen) atoms. The number of H-pyrrole nitrogens is 1. The van der Waals surface area contributed by atoms with E-state index in [1.807, 2.05) is 18.2 Å². The van der Waals surface area contributed by atoms with Crippen LogP contribution in [0.15, 0.2) is 67.1 Å². The second-order valence-electron chi connectivity index (χ2n) is 6.66. The van der Waals surface area contributed by atoms with Gasteiger partial charge in [0, 0.05) is 24.2 Å². The number of aromatic amines is 1. The molecule has 2 N–H and O–H groups in total. The van der Waals surface area contributed by atoms with Crippen LogP contribution in [0.5, 0.6) is 0 Å². The van der Waals surface area contributed by atoms with Crippen molar-refractivity contribution in [1.29, 1.82) is 5.26 Å². The van der Waals surface area contributed by atoms with E-state index in [-0.39, 0.29) is 11.1 Å². The van der Waals surface area contributed by atoms with Gasteiger partial charge in [0.15, 0.2) is 0 Å². The van der Waals surface area contributed by atoms with E-state index in [2.05, 4.69) is 25.5 Å². The van der Waals surface area contributed by atoms with Crippen molar-refractivity contribution in [2.75, 3.05) is 5.32 Å². The summed E-state index contributed by atoms with van der Waals surface area (Å²) in [4.78, 5) is 8.16. The van der Waals surface area contributed by atoms with Gasteiger partial charge in [-0.15, -0.1) is 0 Å². The normalized spacial score (nSPS) is 11.2. The lowest BCUT2D eigenvalue weighted by molar-refractivity contribution is -0.137. The van der Waals surface area contributed by atoms with Crippen LogP contribution in [0.1, 0.15) is 16.8 Å². The van der Waals surface area contributed by atoms with Crippen LogP contribution in [0.4, 0.5) is 19.0 Å². The average molecular weight is 420 g/mol. The first-order valence-corrected chi connectivity index (χ1v) is 9.20. The number of aromatic nitrogens is 4. The van der Waals surface area contributed by atoms with E-state index in [1.165, 1.54) is 30.5 Å². The van der Waals surface area contributed by atoms with E-state index >= 15 is 0 Å². The highest BCUT2D eigenvalue weighted by Crippen LogP contribution is 2.38. The molecule has 1 aromatic carbocycles. The molecule has 0 radical (unpaired) electrons. The summed E-state index contributed by atoms with van der Waals surface area (Å²) in [7, 11) is 0. The number of halogens is 3. The van der Waals surface area contributed by atoms with Crippen LogP contribution in [-0.2, 0) is 12.7 Å². The molecular weight excluding hydrogens is 405 g/mol. The fourth-order valence-corrected chi connectivity index (χ4v) is 3.11. The molecule has 0 saturated carbocycles. The van der Waals surface area contributed by atoms with Gasteiger partial charge in [-0.1, -0.05) is 6.07 Å². The lowest BCUT2D eigenvalue weighted by Crippen LogP contribution is -2.08. The number of hydrogen-bond donors (Lipinski definition) is 2. The zero-order chi connectivity index (χ0) is 21.8. The highest BCUT2D eigenvalue weighted by atomic mass is 19.4. The Morgan fingerprint density at radius 3 is 2.48 bits per heavy atom. The molecule has 0 aliphatic carbocycles. The zero-order valence-electron chi connectivity index (χ0n) is 16.0. The molecule has 0 saturated heterocycles. The van der Waals surface area contributed by atoms with Crippen LogP contribution in [0, 0.1) is 11.3 Å². The molecule has 9 heteroatoms. The third-order valence-corrected chi connectivity index (χ3v) is 4.60. The van der Waals surface area contributed by atoms with E-state index in [9.17, 15) is 13.2 Å². The number of hydrogen-bond acceptors (Lipinski definition) is 5. The average Bonchev–Trinajstić information content (AvgIpc) is 3.27. The molecule has 0 spiro atoms. The van der Waals surface area contributed by atoms with Crippen LogP contribution in [0.3, 0.4) is 0 Å². The van der Waals surface area contributed by atoms with Crippen molar-refractivity contribution in [3.8, 4) is 28.5 Å². The number of pyridine rings is 2. The largest absolute Gasteiger partial charge is 0.417 e. The number of alkyl halides is 3. The maximum absolute atomic E-state index is 13.5. The van der Waals surface area contributed by atoms with Crippen molar-refractivity contribution in [1.82, 2.24) is 20.2 Å². The van der Waals surface area contributed by atoms with Crippen molar-refractivity contribution in [3.63, 3.8) is 0 Å². The highest BCUT2D eigenvalue weighted by Gasteiger charge is 2.34. The van der Waals surface area contributed by atoms with Crippen molar-refractivity contribution in [2.24, 2.45) is 0 Å². The Balaban J connectivity index is 1.55. The van der Waals surface area contributed by atoms with Crippen molar-refractivity contribution >= 4 is 5.82 Å². The highest BCUT2D eigenvalue weighted by molar-refractivity contribution is 5.71. The van der Waals surface area contributed by atoms with Gasteiger partial charge < -0.3 is 5.32 Å². The summed E-state index contributed by atoms with van der Waals surface area (Å²) >= 11 is 0. The van der Waals surface area contributed by atoms with Gasteiger partial charge in [0.25, 0.3) is 0 Å². The molecule has 154 valence electrons. The Kier molecular flexibility index (Phi) is 5.37. The van der Waals surface area contributed by atoms with Gasteiger partial charge in [-0.05, 0) is 53.6 Å². The van der Waals surface area contributed by atoms with Crippen LogP contribution in [0.25, 0.3) is 22.4 Å². The Morgan fingerprint density at radius 2 is 1.74 bits per heavy atom. The fourth-order valence-electron chi connectivity index (χ4n) is 3.11. The SMILES string of the molecule is N#Cc1ccc(-c2ccnc(NCc3cc(-c4ccncc4)[nH]n3)c2)c(C(F)(F)F)c1. The second kappa shape index (κ2) is 8.28. The van der Waals surface area contributed by atoms with E-state index < -0.39 is 11.7 Å². The summed E-state index contributed by atoms with van der Waals surface area (Å²) in [6, 6.07) is 13.9. The van der Waals surface area contributed by atoms with Crippen molar-refractivity contribution < 1.29 is 13.2 Å². The Labute approximate surface area is 175 Å². The molecule has 0 unspecified atom stereocenters. The molecule has 6 nitrogen and oxygen atoms in total. The number of nitrogens with one attached hydrogen (secondary N) is 2. The van der Waals surface area contributed by atoms with Gasteiger partial charge >= 0.3 is 6.18 Å². The summed E-state index contributed by atoms with van der Waals surface area (Å²) in [5.41, 5.74) is 1.89. The number of rotatable bonds is 5. The molecule has 0 fully saturated rings. The topological polar surface area (TPSA) is 90.3 Å². The predicted molar refractivity (Wildman–Crippen MR) is 109 cm³/mol. The minimum Gasteiger partial charge on any atom is -0.364 e. The minimum atomic E-state index is -4.59. The van der Waals surface area contributed by atoms with Gasteiger partial charge in [-0.25, -0.2) is 4.98 Å². The minimum absolute atomic E-state index is 0.0170. The van der Waals surface area contributed by atoms with Crippen LogP contribution in [-0.4, -0.2) is 20.2 Å². The number of anilines is 1. The van der Waals surface area contributed by atoms with Gasteiger partial charge in [-0.3, -0.25) is 10.1 Å². The van der Waals surface area contributed by atoms with Gasteiger partial charge in [0.1, 0.15) is 5.82 Å². The first-order valence-electron chi connectivity index (χ1n) is 9.20. The third-order valence-electron chi connectivity index (χ3n) is 4.60. The molecule has 0 atom stereocenters. The number of benzene rings is 1. The summed E-state index contributed by atoms with van der Waals surface area (Å²) in [6.45, 7) is 0.331. The van der Waals surface area contributed by atoms with Crippen LogP contribution < -0.4 is 5.32 Å². The molecule has 0 amide bonds. The first kappa shape index (κ1) is 20.1. The molecule has 3 heterocycles. The molecule has 0 aliphatic rings. The quantitative estimate of drug-likeness (QED) is 0.472. The lowest BCUT2D eigenvalue weighted by Gasteiger charge is -2.14. The maximum Gasteiger partial charge on any atom is 0.417 e. The summed E-state index contributed by atoms with van der Waals surface area (Å²) < 4.78 is 40.5. The van der Waals surface area contributed by atoms with Crippen molar-refractivity contribution in [3.05, 3.63) is 83.9 Å². The van der Waals surface area contributed by atoms with Gasteiger partial charge in [0.05, 0.1) is 35.1 Å². The van der Waals surface area contributed by atoms with E-state index in [0.29, 0.717) is 23.6 Å². The first-order chi connectivity index (χ1) is 14.9. The second-order valence-corrected chi connectivity index (χ2v) is 6.66. The smallest absolute Gasteiger partial charge is 0.364 e. The molecule has 3 aromatic heterocycles. The summed E-state index contributed by atoms with van der Waals surface area (Å²) in [5, 5.41) is 19.2. The Bertz CT molecular complexity index is 1240. The Hall–Kier alpha value is -4.19. The fraction of sp³-hybridized carbons (Fsp3) is 0.0909. The molecule has 0 bridgehead atoms. The van der Waals surface area contributed by atoms with E-state index in [4.69, 9.17) is 5.26 Å². The maximum atomic E-state index is 13.5. The van der Waals surface area contributed by atoms with Gasteiger partial charge in [0.2, 0.25) is 0 Å². The predicted octanol–water partition coefficient (Wildman–Crippen LogP) is 5.04. The van der Waals surface area contributed by atoms with Gasteiger partial charge in [-0.2, -0.15) is 23.5 Å². The monoisotopic (exact) mass is 420 g/mol. The zero-order valence-corrected chi connectivity index (χ0v) is 16.0. The standard InChI is InChI=1S/C22H15F3N6/c23-22(24,25)19-9-14(12-26)1-2-18(19)16-5-8-28-21(10-16)29-13-17-11-20(31-30-17)15-3-6-27-7-4-15/h1-11H,13H2,(H,28,29)(H,30,31).